The number of nitrogens with zero attached hydrogens (tertiary/aromatic N) is 3. The minimum Gasteiger partial charge on any atom is -0.432 e. The predicted octanol–water partition coefficient (Wildman–Crippen LogP) is 0.806. The Hall–Kier alpha value is -1.07. The van der Waals surface area contributed by atoms with E-state index >= 15 is 0 Å². The number of oxazole rings is 1. The lowest BCUT2D eigenvalue weighted by atomic mass is 10.1. The quantitative estimate of drug-likeness (QED) is 0.823. The van der Waals surface area contributed by atoms with Crippen molar-refractivity contribution in [2.45, 2.75) is 37.9 Å². The Morgan fingerprint density at radius 3 is 3.00 bits per heavy atom. The van der Waals surface area contributed by atoms with Gasteiger partial charge in [0, 0.05) is 31.7 Å². The highest BCUT2D eigenvalue weighted by Gasteiger charge is 2.35. The van der Waals surface area contributed by atoms with Crippen LogP contribution in [0.25, 0.3) is 0 Å². The molecule has 0 amide bonds. The molecule has 0 aromatic carbocycles. The summed E-state index contributed by atoms with van der Waals surface area (Å²) in [6.45, 7) is 2.51. The van der Waals surface area contributed by atoms with Gasteiger partial charge in [0.05, 0.1) is 5.69 Å². The normalized spacial score (nSPS) is 29.6. The van der Waals surface area contributed by atoms with E-state index in [0.29, 0.717) is 12.6 Å². The highest BCUT2D eigenvalue weighted by molar-refractivity contribution is 5.28. The van der Waals surface area contributed by atoms with Gasteiger partial charge in [0.2, 0.25) is 0 Å². The fourth-order valence-electron chi connectivity index (χ4n) is 3.02. The molecular formula is C12H20N4O. The molecule has 2 unspecified atom stereocenters. The summed E-state index contributed by atoms with van der Waals surface area (Å²) < 4.78 is 5.51. The minimum atomic E-state index is 0.448. The zero-order valence-electron chi connectivity index (χ0n) is 10.3. The van der Waals surface area contributed by atoms with Crippen LogP contribution in [0.4, 0.5) is 6.01 Å². The summed E-state index contributed by atoms with van der Waals surface area (Å²) in [7, 11) is 2.24. The standard InChI is InChI=1S/C12H20N4O/c1-15-10-2-3-11(15)7-16(5-4-10)12-14-9(6-13)8-17-12/h8,10-11H,2-7,13H2,1H3. The topological polar surface area (TPSA) is 58.5 Å². The Morgan fingerprint density at radius 2 is 2.24 bits per heavy atom. The van der Waals surface area contributed by atoms with E-state index in [-0.39, 0.29) is 0 Å². The van der Waals surface area contributed by atoms with Crippen LogP contribution < -0.4 is 10.6 Å². The van der Waals surface area contributed by atoms with Crippen LogP contribution in [0.5, 0.6) is 0 Å². The van der Waals surface area contributed by atoms with Crippen molar-refractivity contribution in [2.75, 3.05) is 25.0 Å². The number of nitrogens with two attached hydrogens (primary N) is 1. The summed E-state index contributed by atoms with van der Waals surface area (Å²) in [5.74, 6) is 0. The summed E-state index contributed by atoms with van der Waals surface area (Å²) in [6, 6.07) is 2.14. The summed E-state index contributed by atoms with van der Waals surface area (Å²) in [5, 5.41) is 0. The zero-order valence-corrected chi connectivity index (χ0v) is 10.3. The molecule has 2 N–H and O–H groups in total. The molecule has 2 aliphatic rings. The van der Waals surface area contributed by atoms with Crippen molar-refractivity contribution in [3.8, 4) is 0 Å². The van der Waals surface area contributed by atoms with E-state index < -0.39 is 0 Å². The van der Waals surface area contributed by atoms with E-state index in [4.69, 9.17) is 10.2 Å². The van der Waals surface area contributed by atoms with Crippen molar-refractivity contribution >= 4 is 6.01 Å². The number of fused-ring (bicyclic) bond motifs is 2. The van der Waals surface area contributed by atoms with E-state index in [2.05, 4.69) is 21.8 Å². The van der Waals surface area contributed by atoms with Gasteiger partial charge >= 0.3 is 0 Å². The monoisotopic (exact) mass is 236 g/mol. The lowest BCUT2D eigenvalue weighted by Crippen LogP contribution is -2.36. The zero-order chi connectivity index (χ0) is 11.8. The molecule has 2 fully saturated rings. The second kappa shape index (κ2) is 4.31. The van der Waals surface area contributed by atoms with Crippen molar-refractivity contribution in [3.05, 3.63) is 12.0 Å². The van der Waals surface area contributed by atoms with Gasteiger partial charge in [-0.1, -0.05) is 0 Å². The van der Waals surface area contributed by atoms with Gasteiger partial charge in [0.15, 0.2) is 0 Å². The number of hydrogen-bond donors (Lipinski definition) is 1. The maximum Gasteiger partial charge on any atom is 0.297 e. The number of anilines is 1. The Bertz CT molecular complexity index is 392. The average Bonchev–Trinajstić information content (AvgIpc) is 2.86. The smallest absolute Gasteiger partial charge is 0.297 e. The minimum absolute atomic E-state index is 0.448. The van der Waals surface area contributed by atoms with Crippen molar-refractivity contribution in [2.24, 2.45) is 5.73 Å². The molecule has 5 nitrogen and oxygen atoms in total. The van der Waals surface area contributed by atoms with Crippen LogP contribution >= 0.6 is 0 Å². The molecule has 3 rings (SSSR count). The number of aromatic nitrogens is 1. The van der Waals surface area contributed by atoms with Crippen LogP contribution in [-0.2, 0) is 6.54 Å². The molecule has 2 aliphatic heterocycles. The van der Waals surface area contributed by atoms with E-state index in [9.17, 15) is 0 Å². The summed E-state index contributed by atoms with van der Waals surface area (Å²) in [4.78, 5) is 9.20. The Balaban J connectivity index is 1.76. The first-order valence-corrected chi connectivity index (χ1v) is 6.39. The lowest BCUT2D eigenvalue weighted by Gasteiger charge is -2.24. The van der Waals surface area contributed by atoms with Crippen LogP contribution in [0.15, 0.2) is 10.7 Å². The fourth-order valence-corrected chi connectivity index (χ4v) is 3.02. The van der Waals surface area contributed by atoms with Crippen LogP contribution in [0.3, 0.4) is 0 Å². The van der Waals surface area contributed by atoms with Gasteiger partial charge < -0.3 is 15.1 Å². The summed E-state index contributed by atoms with van der Waals surface area (Å²) >= 11 is 0. The molecule has 94 valence electrons. The molecule has 0 spiro atoms. The van der Waals surface area contributed by atoms with Gasteiger partial charge in [-0.25, -0.2) is 0 Å². The molecule has 3 heterocycles. The van der Waals surface area contributed by atoms with E-state index in [0.717, 1.165) is 30.8 Å². The second-order valence-electron chi connectivity index (χ2n) is 5.11. The van der Waals surface area contributed by atoms with Crippen LogP contribution in [-0.4, -0.2) is 42.1 Å². The Kier molecular flexibility index (Phi) is 2.80. The first-order chi connectivity index (χ1) is 8.28. The molecular weight excluding hydrogens is 216 g/mol. The molecule has 0 aliphatic carbocycles. The van der Waals surface area contributed by atoms with E-state index in [1.165, 1.54) is 19.3 Å². The molecule has 2 saturated heterocycles. The maximum absolute atomic E-state index is 5.56. The molecule has 1 aromatic heterocycles. The molecule has 1 aromatic rings. The van der Waals surface area contributed by atoms with Crippen LogP contribution in [0, 0.1) is 0 Å². The molecule has 0 saturated carbocycles. The van der Waals surface area contributed by atoms with Crippen molar-refractivity contribution in [1.29, 1.82) is 0 Å². The molecule has 5 heteroatoms. The SMILES string of the molecule is CN1C2CCC1CN(c1nc(CN)co1)CC2. The molecule has 2 bridgehead atoms. The van der Waals surface area contributed by atoms with Crippen LogP contribution in [0.1, 0.15) is 25.0 Å². The highest BCUT2D eigenvalue weighted by Crippen LogP contribution is 2.30. The van der Waals surface area contributed by atoms with E-state index in [1.54, 1.807) is 6.26 Å². The molecule has 2 atom stereocenters. The van der Waals surface area contributed by atoms with E-state index in [1.807, 2.05) is 0 Å². The predicted molar refractivity (Wildman–Crippen MR) is 65.8 cm³/mol. The van der Waals surface area contributed by atoms with Gasteiger partial charge in [-0.3, -0.25) is 4.90 Å². The number of rotatable bonds is 2. The Labute approximate surface area is 102 Å². The third kappa shape index (κ3) is 1.93. The van der Waals surface area contributed by atoms with Crippen molar-refractivity contribution < 1.29 is 4.42 Å². The highest BCUT2D eigenvalue weighted by atomic mass is 16.4. The fraction of sp³-hybridized carbons (Fsp3) is 0.750. The van der Waals surface area contributed by atoms with Gasteiger partial charge in [-0.05, 0) is 26.3 Å². The third-order valence-corrected chi connectivity index (χ3v) is 4.17. The van der Waals surface area contributed by atoms with Crippen LogP contribution in [0.2, 0.25) is 0 Å². The summed E-state index contributed by atoms with van der Waals surface area (Å²) in [5.41, 5.74) is 6.39. The van der Waals surface area contributed by atoms with Gasteiger partial charge in [-0.15, -0.1) is 0 Å². The third-order valence-electron chi connectivity index (χ3n) is 4.17. The van der Waals surface area contributed by atoms with Gasteiger partial charge in [0.25, 0.3) is 6.01 Å². The van der Waals surface area contributed by atoms with Crippen molar-refractivity contribution in [3.63, 3.8) is 0 Å². The van der Waals surface area contributed by atoms with Gasteiger partial charge in [0.1, 0.15) is 6.26 Å². The van der Waals surface area contributed by atoms with Gasteiger partial charge in [-0.2, -0.15) is 4.98 Å². The van der Waals surface area contributed by atoms with Crippen molar-refractivity contribution in [1.82, 2.24) is 9.88 Å². The average molecular weight is 236 g/mol. The maximum atomic E-state index is 5.56. The first-order valence-electron chi connectivity index (χ1n) is 6.39. The summed E-state index contributed by atoms with van der Waals surface area (Å²) in [6.07, 6.45) is 5.51. The Morgan fingerprint density at radius 1 is 1.41 bits per heavy atom. The lowest BCUT2D eigenvalue weighted by molar-refractivity contribution is 0.254. The number of hydrogen-bond acceptors (Lipinski definition) is 5. The second-order valence-corrected chi connectivity index (χ2v) is 5.11. The molecule has 17 heavy (non-hydrogen) atoms. The first kappa shape index (κ1) is 11.0. The number of likely N-dealkylation sites (N-methyl/N-ethyl adjacent to an activating group) is 1. The molecule has 0 radical (unpaired) electrons. The largest absolute Gasteiger partial charge is 0.432 e.